The van der Waals surface area contributed by atoms with Gasteiger partial charge in [0.1, 0.15) is 18.5 Å². The minimum absolute atomic E-state index is 0.0613. The van der Waals surface area contributed by atoms with Gasteiger partial charge in [0.25, 0.3) is 0 Å². The number of aryl methyl sites for hydroxylation is 1. The molecule has 0 radical (unpaired) electrons. The molecule has 2 atom stereocenters. The minimum Gasteiger partial charge on any atom is -0.462 e. The van der Waals surface area contributed by atoms with Crippen LogP contribution >= 0.6 is 0 Å². The number of amides is 2. The van der Waals surface area contributed by atoms with E-state index in [0.29, 0.717) is 51.4 Å². The lowest BCUT2D eigenvalue weighted by atomic mass is 9.99. The SMILES string of the molecule is [C-]#[N+]C[C@H]1CN(c2nc(OC[C@@H]3CCCN3C)nc3c2CCN(c2cccc4cccc(C)c24)C3)CCN1C(=O)/C=C/CN(C)C(C)=O. The summed E-state index contributed by atoms with van der Waals surface area (Å²) in [7, 11) is 3.84. The first kappa shape index (κ1) is 33.2. The van der Waals surface area contributed by atoms with Gasteiger partial charge in [-0.25, -0.2) is 6.57 Å². The van der Waals surface area contributed by atoms with E-state index >= 15 is 0 Å². The normalized spacial score (nSPS) is 19.9. The lowest BCUT2D eigenvalue weighted by Crippen LogP contribution is -2.56. The summed E-state index contributed by atoms with van der Waals surface area (Å²) in [6.45, 7) is 16.5. The zero-order valence-corrected chi connectivity index (χ0v) is 28.6. The fourth-order valence-corrected chi connectivity index (χ4v) is 7.19. The van der Waals surface area contributed by atoms with Gasteiger partial charge in [0.05, 0.1) is 12.2 Å². The zero-order chi connectivity index (χ0) is 33.8. The average Bonchev–Trinajstić information content (AvgIpc) is 3.50. The molecule has 3 aliphatic heterocycles. The maximum absolute atomic E-state index is 13.2. The van der Waals surface area contributed by atoms with Crippen LogP contribution in [0.5, 0.6) is 6.01 Å². The summed E-state index contributed by atoms with van der Waals surface area (Å²) < 4.78 is 6.34. The second kappa shape index (κ2) is 14.6. The molecule has 1 aromatic heterocycles. The average molecular weight is 651 g/mol. The Balaban J connectivity index is 1.28. The Labute approximate surface area is 283 Å². The number of rotatable bonds is 9. The molecule has 2 amide bonds. The van der Waals surface area contributed by atoms with Gasteiger partial charge in [-0.3, -0.25) is 9.59 Å². The van der Waals surface area contributed by atoms with E-state index in [2.05, 4.69) is 69.9 Å². The Morgan fingerprint density at radius 1 is 1.08 bits per heavy atom. The molecule has 11 nitrogen and oxygen atoms in total. The monoisotopic (exact) mass is 650 g/mol. The first-order valence-electron chi connectivity index (χ1n) is 17.0. The minimum atomic E-state index is -0.292. The smallest absolute Gasteiger partial charge is 0.318 e. The van der Waals surface area contributed by atoms with Crippen LogP contribution in [-0.2, 0) is 22.6 Å². The molecule has 2 fully saturated rings. The van der Waals surface area contributed by atoms with Crippen LogP contribution in [-0.4, -0.2) is 115 Å². The van der Waals surface area contributed by atoms with Crippen LogP contribution in [0.1, 0.15) is 36.6 Å². The molecule has 0 N–H and O–H groups in total. The van der Waals surface area contributed by atoms with Gasteiger partial charge in [-0.2, -0.15) is 9.97 Å². The van der Waals surface area contributed by atoms with E-state index in [9.17, 15) is 9.59 Å². The first-order chi connectivity index (χ1) is 23.2. The standard InChI is InChI=1S/C37H46N8O3/c1-26-10-6-11-28-12-7-14-33(35(26)28)43-19-16-31-32(24-43)39-37(48-25-29-13-8-18-42(29)5)40-36(31)44-20-21-45(30(23-44)22-38-3)34(47)15-9-17-41(4)27(2)46/h6-7,9-12,14-15,29-30H,8,13,16-25H2,1-2,4-5H3/b15-9+/t29-,30-/m0/s1. The van der Waals surface area contributed by atoms with E-state index in [4.69, 9.17) is 21.3 Å². The van der Waals surface area contributed by atoms with Crippen LogP contribution in [0.2, 0.25) is 0 Å². The predicted molar refractivity (Wildman–Crippen MR) is 188 cm³/mol. The summed E-state index contributed by atoms with van der Waals surface area (Å²) in [4.78, 5) is 48.9. The van der Waals surface area contributed by atoms with E-state index < -0.39 is 0 Å². The number of likely N-dealkylation sites (tertiary alicyclic amines) is 1. The Bertz CT molecular complexity index is 1730. The van der Waals surface area contributed by atoms with Gasteiger partial charge in [-0.1, -0.05) is 36.4 Å². The van der Waals surface area contributed by atoms with Crippen LogP contribution < -0.4 is 14.5 Å². The highest BCUT2D eigenvalue weighted by molar-refractivity contribution is 5.97. The molecule has 0 bridgehead atoms. The quantitative estimate of drug-likeness (QED) is 0.254. The highest BCUT2D eigenvalue weighted by atomic mass is 16.5. The number of carbonyl (C=O) groups is 2. The zero-order valence-electron chi connectivity index (χ0n) is 28.6. The van der Waals surface area contributed by atoms with Crippen LogP contribution in [0.4, 0.5) is 11.5 Å². The molecule has 2 saturated heterocycles. The third-order valence-corrected chi connectivity index (χ3v) is 10.1. The molecule has 0 unspecified atom stereocenters. The highest BCUT2D eigenvalue weighted by Gasteiger charge is 2.35. The van der Waals surface area contributed by atoms with Gasteiger partial charge in [0.15, 0.2) is 0 Å². The first-order valence-corrected chi connectivity index (χ1v) is 17.0. The van der Waals surface area contributed by atoms with Gasteiger partial charge >= 0.3 is 6.01 Å². The molecule has 48 heavy (non-hydrogen) atoms. The maximum atomic E-state index is 13.2. The Morgan fingerprint density at radius 3 is 2.65 bits per heavy atom. The van der Waals surface area contributed by atoms with Gasteiger partial charge in [-0.15, -0.1) is 0 Å². The van der Waals surface area contributed by atoms with E-state index in [1.165, 1.54) is 35.0 Å². The Hall–Kier alpha value is -4.69. The molecule has 3 aliphatic rings. The summed E-state index contributed by atoms with van der Waals surface area (Å²) in [5.74, 6) is 0.647. The van der Waals surface area contributed by atoms with Crippen molar-refractivity contribution in [2.24, 2.45) is 0 Å². The van der Waals surface area contributed by atoms with Crippen molar-refractivity contribution in [2.45, 2.75) is 51.7 Å². The maximum Gasteiger partial charge on any atom is 0.318 e. The van der Waals surface area contributed by atoms with Gasteiger partial charge < -0.3 is 34.1 Å². The summed E-state index contributed by atoms with van der Waals surface area (Å²) in [5, 5.41) is 2.49. The van der Waals surface area contributed by atoms with Crippen molar-refractivity contribution in [3.63, 3.8) is 0 Å². The van der Waals surface area contributed by atoms with Crippen molar-refractivity contribution in [1.29, 1.82) is 0 Å². The van der Waals surface area contributed by atoms with Gasteiger partial charge in [0.2, 0.25) is 18.4 Å². The molecule has 0 aliphatic carbocycles. The van der Waals surface area contributed by atoms with Crippen LogP contribution in [0.25, 0.3) is 15.6 Å². The molecular weight excluding hydrogens is 604 g/mol. The second-order valence-corrected chi connectivity index (χ2v) is 13.2. The molecule has 0 saturated carbocycles. The number of piperazine rings is 1. The number of hydrogen-bond acceptors (Lipinski definition) is 8. The highest BCUT2D eigenvalue weighted by Crippen LogP contribution is 2.36. The molecule has 3 aromatic rings. The number of carbonyl (C=O) groups excluding carboxylic acids is 2. The number of ether oxygens (including phenoxy) is 1. The number of benzene rings is 2. The summed E-state index contributed by atoms with van der Waals surface area (Å²) in [6.07, 6.45) is 6.26. The number of anilines is 2. The largest absolute Gasteiger partial charge is 0.462 e. The Morgan fingerprint density at radius 2 is 1.90 bits per heavy atom. The summed E-state index contributed by atoms with van der Waals surface area (Å²) in [5.41, 5.74) is 4.53. The summed E-state index contributed by atoms with van der Waals surface area (Å²) in [6, 6.07) is 13.4. The second-order valence-electron chi connectivity index (χ2n) is 13.2. The lowest BCUT2D eigenvalue weighted by Gasteiger charge is -2.41. The van der Waals surface area contributed by atoms with Crippen molar-refractivity contribution in [1.82, 2.24) is 24.7 Å². The fourth-order valence-electron chi connectivity index (χ4n) is 7.19. The molecule has 11 heteroatoms. The van der Waals surface area contributed by atoms with Crippen LogP contribution in [0.15, 0.2) is 48.6 Å². The van der Waals surface area contributed by atoms with E-state index in [-0.39, 0.29) is 24.4 Å². The third-order valence-electron chi connectivity index (χ3n) is 10.1. The number of aromatic nitrogens is 2. The van der Waals surface area contributed by atoms with Crippen LogP contribution in [0.3, 0.4) is 0 Å². The number of fused-ring (bicyclic) bond motifs is 2. The molecule has 6 rings (SSSR count). The van der Waals surface area contributed by atoms with Crippen molar-refractivity contribution < 1.29 is 14.3 Å². The third kappa shape index (κ3) is 7.09. The predicted octanol–water partition coefficient (Wildman–Crippen LogP) is 3.94. The van der Waals surface area contributed by atoms with Crippen LogP contribution in [0, 0.1) is 13.5 Å². The van der Waals surface area contributed by atoms with Crippen molar-refractivity contribution in [3.05, 3.63) is 76.8 Å². The van der Waals surface area contributed by atoms with E-state index in [0.717, 1.165) is 49.4 Å². The lowest BCUT2D eigenvalue weighted by molar-refractivity contribution is -0.129. The van der Waals surface area contributed by atoms with Crippen molar-refractivity contribution in [2.75, 3.05) is 76.3 Å². The Kier molecular flexibility index (Phi) is 10.1. The summed E-state index contributed by atoms with van der Waals surface area (Å²) >= 11 is 0. The van der Waals surface area contributed by atoms with Gasteiger partial charge in [0, 0.05) is 75.5 Å². The topological polar surface area (TPSA) is 89.7 Å². The molecule has 2 aromatic carbocycles. The molecular formula is C37H46N8O3. The number of hydrogen-bond donors (Lipinski definition) is 0. The van der Waals surface area contributed by atoms with Gasteiger partial charge in [-0.05, 0) is 56.8 Å². The number of likely N-dealkylation sites (N-methyl/N-ethyl adjacent to an activating group) is 2. The molecule has 4 heterocycles. The molecule has 0 spiro atoms. The van der Waals surface area contributed by atoms with Crippen molar-refractivity contribution in [3.8, 4) is 6.01 Å². The fraction of sp³-hybridized carbons (Fsp3) is 0.486. The van der Waals surface area contributed by atoms with E-state index in [1.807, 2.05) is 0 Å². The number of nitrogens with zero attached hydrogens (tertiary/aromatic N) is 8. The molecule has 252 valence electrons. The van der Waals surface area contributed by atoms with Crippen molar-refractivity contribution >= 4 is 34.1 Å². The van der Waals surface area contributed by atoms with E-state index in [1.54, 1.807) is 22.9 Å².